The summed E-state index contributed by atoms with van der Waals surface area (Å²) in [4.78, 5) is 13.2. The predicted molar refractivity (Wildman–Crippen MR) is 81.8 cm³/mol. The zero-order valence-corrected chi connectivity index (χ0v) is 11.9. The van der Waals surface area contributed by atoms with E-state index >= 15 is 0 Å². The number of amides is 1. The first-order valence-corrected chi connectivity index (χ1v) is 7.25. The van der Waals surface area contributed by atoms with Crippen LogP contribution in [0, 0.1) is 0 Å². The lowest BCUT2D eigenvalue weighted by atomic mass is 10.1. The highest BCUT2D eigenvalue weighted by atomic mass is 32.1. The maximum atomic E-state index is 12.3. The van der Waals surface area contributed by atoms with E-state index < -0.39 is 0 Å². The first-order valence-electron chi connectivity index (χ1n) is 6.37. The van der Waals surface area contributed by atoms with Gasteiger partial charge in [0, 0.05) is 6.54 Å². The average Bonchev–Trinajstić information content (AvgIpc) is 3.15. The molecule has 0 unspecified atom stereocenters. The van der Waals surface area contributed by atoms with Gasteiger partial charge in [-0.1, -0.05) is 41.6 Å². The molecule has 5 nitrogen and oxygen atoms in total. The Balaban J connectivity index is 1.80. The number of thiophene rings is 1. The highest BCUT2D eigenvalue weighted by molar-refractivity contribution is 7.13. The van der Waals surface area contributed by atoms with Gasteiger partial charge in [0.25, 0.3) is 5.91 Å². The number of carbonyl (C=O) groups excluding carboxylic acids is 1. The second-order valence-electron chi connectivity index (χ2n) is 4.42. The number of hydrogen-bond acceptors (Lipinski definition) is 5. The van der Waals surface area contributed by atoms with E-state index in [2.05, 4.69) is 10.5 Å². The molecule has 0 saturated carbocycles. The van der Waals surface area contributed by atoms with Crippen LogP contribution in [-0.2, 0) is 6.54 Å². The number of benzene rings is 1. The van der Waals surface area contributed by atoms with Gasteiger partial charge in [-0.25, -0.2) is 0 Å². The van der Waals surface area contributed by atoms with Crippen LogP contribution in [0.3, 0.4) is 0 Å². The minimum absolute atomic E-state index is 0.0314. The fraction of sp³-hybridized carbons (Fsp3) is 0.0667. The van der Waals surface area contributed by atoms with Gasteiger partial charge in [0.2, 0.25) is 5.88 Å². The van der Waals surface area contributed by atoms with Crippen molar-refractivity contribution in [2.24, 2.45) is 0 Å². The lowest BCUT2D eigenvalue weighted by molar-refractivity contribution is 0.0952. The lowest BCUT2D eigenvalue weighted by Gasteiger charge is -2.05. The molecule has 2 heterocycles. The van der Waals surface area contributed by atoms with Gasteiger partial charge in [-0.05, 0) is 17.0 Å². The first-order chi connectivity index (χ1) is 10.3. The summed E-state index contributed by atoms with van der Waals surface area (Å²) in [5.74, 6) is -0.259. The van der Waals surface area contributed by atoms with Crippen LogP contribution in [0.5, 0.6) is 0 Å². The molecule has 106 valence electrons. The Bertz CT molecular complexity index is 736. The lowest BCUT2D eigenvalue weighted by Crippen LogP contribution is -2.23. The minimum Gasteiger partial charge on any atom is -0.367 e. The van der Waals surface area contributed by atoms with E-state index in [0.29, 0.717) is 12.2 Å². The molecule has 0 aliphatic heterocycles. The number of anilines is 1. The van der Waals surface area contributed by atoms with Crippen molar-refractivity contribution >= 4 is 23.1 Å². The van der Waals surface area contributed by atoms with E-state index in [1.54, 1.807) is 0 Å². The number of nitrogens with one attached hydrogen (secondary N) is 1. The second-order valence-corrected chi connectivity index (χ2v) is 5.36. The summed E-state index contributed by atoms with van der Waals surface area (Å²) in [6, 6.07) is 13.4. The van der Waals surface area contributed by atoms with Crippen LogP contribution in [0.1, 0.15) is 15.9 Å². The van der Waals surface area contributed by atoms with E-state index in [0.717, 1.165) is 10.4 Å². The average molecular weight is 299 g/mol. The molecule has 6 heteroatoms. The summed E-state index contributed by atoms with van der Waals surface area (Å²) in [6.45, 7) is 0.425. The summed E-state index contributed by atoms with van der Waals surface area (Å²) < 4.78 is 4.97. The molecule has 1 aromatic carbocycles. The minimum atomic E-state index is -0.291. The van der Waals surface area contributed by atoms with Gasteiger partial charge in [-0.15, -0.1) is 11.3 Å². The van der Waals surface area contributed by atoms with Gasteiger partial charge in [0.15, 0.2) is 0 Å². The molecule has 0 bridgehead atoms. The van der Waals surface area contributed by atoms with Crippen LogP contribution in [0.15, 0.2) is 52.4 Å². The molecule has 0 aliphatic carbocycles. The van der Waals surface area contributed by atoms with E-state index in [-0.39, 0.29) is 17.4 Å². The third kappa shape index (κ3) is 2.80. The van der Waals surface area contributed by atoms with Gasteiger partial charge in [-0.2, -0.15) is 0 Å². The number of hydrogen-bond donors (Lipinski definition) is 2. The Morgan fingerprint density at radius 1 is 1.24 bits per heavy atom. The number of aromatic nitrogens is 1. The van der Waals surface area contributed by atoms with Gasteiger partial charge in [-0.3, -0.25) is 4.79 Å². The normalized spacial score (nSPS) is 10.5. The fourth-order valence-corrected chi connectivity index (χ4v) is 2.68. The van der Waals surface area contributed by atoms with Crippen LogP contribution in [0.25, 0.3) is 10.6 Å². The van der Waals surface area contributed by atoms with Crippen LogP contribution in [0.2, 0.25) is 0 Å². The fourth-order valence-electron chi connectivity index (χ4n) is 1.97. The highest BCUT2D eigenvalue weighted by Gasteiger charge is 2.22. The third-order valence-electron chi connectivity index (χ3n) is 3.00. The Labute approximate surface area is 125 Å². The van der Waals surface area contributed by atoms with Crippen molar-refractivity contribution in [1.82, 2.24) is 10.5 Å². The standard InChI is InChI=1S/C15H13N3O2S/c16-14-12(13(18-20-14)11-7-4-8-21-11)15(19)17-9-10-5-2-1-3-6-10/h1-8H,9,16H2,(H,17,19). The second kappa shape index (κ2) is 5.80. The summed E-state index contributed by atoms with van der Waals surface area (Å²) in [6.07, 6.45) is 0. The topological polar surface area (TPSA) is 81.2 Å². The molecule has 0 saturated heterocycles. The van der Waals surface area contributed by atoms with Gasteiger partial charge in [0.1, 0.15) is 11.3 Å². The summed E-state index contributed by atoms with van der Waals surface area (Å²) in [7, 11) is 0. The number of nitrogens with two attached hydrogens (primary N) is 1. The van der Waals surface area contributed by atoms with Crippen LogP contribution < -0.4 is 11.1 Å². The summed E-state index contributed by atoms with van der Waals surface area (Å²) >= 11 is 1.48. The summed E-state index contributed by atoms with van der Waals surface area (Å²) in [5.41, 5.74) is 7.51. The molecular formula is C15H13N3O2S. The number of carbonyl (C=O) groups is 1. The molecule has 0 radical (unpaired) electrons. The molecular weight excluding hydrogens is 286 g/mol. The SMILES string of the molecule is Nc1onc(-c2cccs2)c1C(=O)NCc1ccccc1. The van der Waals surface area contributed by atoms with Crippen molar-refractivity contribution in [3.8, 4) is 10.6 Å². The van der Waals surface area contributed by atoms with Crippen LogP contribution in [0.4, 0.5) is 5.88 Å². The Morgan fingerprint density at radius 2 is 2.05 bits per heavy atom. The largest absolute Gasteiger partial charge is 0.367 e. The Kier molecular flexibility index (Phi) is 3.70. The van der Waals surface area contributed by atoms with Crippen molar-refractivity contribution in [2.75, 3.05) is 5.73 Å². The van der Waals surface area contributed by atoms with E-state index in [9.17, 15) is 4.79 Å². The maximum Gasteiger partial charge on any atom is 0.259 e. The zero-order valence-electron chi connectivity index (χ0n) is 11.1. The monoisotopic (exact) mass is 299 g/mol. The molecule has 0 atom stereocenters. The number of nitrogens with zero attached hydrogens (tertiary/aromatic N) is 1. The molecule has 3 N–H and O–H groups in total. The van der Waals surface area contributed by atoms with Gasteiger partial charge >= 0.3 is 0 Å². The highest BCUT2D eigenvalue weighted by Crippen LogP contribution is 2.30. The number of nitrogen functional groups attached to an aromatic ring is 1. The molecule has 0 fully saturated rings. The first kappa shape index (κ1) is 13.4. The molecule has 3 aromatic rings. The third-order valence-corrected chi connectivity index (χ3v) is 3.87. The van der Waals surface area contributed by atoms with Crippen molar-refractivity contribution in [3.05, 3.63) is 59.0 Å². The van der Waals surface area contributed by atoms with Crippen molar-refractivity contribution < 1.29 is 9.32 Å². The van der Waals surface area contributed by atoms with Crippen molar-refractivity contribution in [3.63, 3.8) is 0 Å². The smallest absolute Gasteiger partial charge is 0.259 e. The van der Waals surface area contributed by atoms with Crippen LogP contribution >= 0.6 is 11.3 Å². The maximum absolute atomic E-state index is 12.3. The molecule has 1 amide bonds. The molecule has 0 spiro atoms. The predicted octanol–water partition coefficient (Wildman–Crippen LogP) is 2.92. The van der Waals surface area contributed by atoms with E-state index in [1.165, 1.54) is 11.3 Å². The Hall–Kier alpha value is -2.60. The number of rotatable bonds is 4. The zero-order chi connectivity index (χ0) is 14.7. The molecule has 3 rings (SSSR count). The quantitative estimate of drug-likeness (QED) is 0.776. The van der Waals surface area contributed by atoms with Crippen molar-refractivity contribution in [2.45, 2.75) is 6.54 Å². The van der Waals surface area contributed by atoms with Crippen LogP contribution in [-0.4, -0.2) is 11.1 Å². The van der Waals surface area contributed by atoms with Gasteiger partial charge < -0.3 is 15.6 Å². The van der Waals surface area contributed by atoms with E-state index in [4.69, 9.17) is 10.3 Å². The molecule has 0 aliphatic rings. The summed E-state index contributed by atoms with van der Waals surface area (Å²) in [5, 5.41) is 8.62. The van der Waals surface area contributed by atoms with Crippen molar-refractivity contribution in [1.29, 1.82) is 0 Å². The van der Waals surface area contributed by atoms with E-state index in [1.807, 2.05) is 47.8 Å². The van der Waals surface area contributed by atoms with Gasteiger partial charge in [0.05, 0.1) is 4.88 Å². The Morgan fingerprint density at radius 3 is 2.76 bits per heavy atom. The molecule has 21 heavy (non-hydrogen) atoms. The molecule has 2 aromatic heterocycles.